The fourth-order valence-corrected chi connectivity index (χ4v) is 1.98. The van der Waals surface area contributed by atoms with Gasteiger partial charge in [-0.1, -0.05) is 27.7 Å². The summed E-state index contributed by atoms with van der Waals surface area (Å²) in [6, 6.07) is 0. The molecule has 1 unspecified atom stereocenters. The fourth-order valence-electron chi connectivity index (χ4n) is 1.98. The third-order valence-electron chi connectivity index (χ3n) is 3.45. The molecule has 0 aromatic carbocycles. The van der Waals surface area contributed by atoms with Gasteiger partial charge >= 0.3 is 0 Å². The van der Waals surface area contributed by atoms with Crippen molar-refractivity contribution in [3.05, 3.63) is 0 Å². The van der Waals surface area contributed by atoms with Crippen LogP contribution < -0.4 is 0 Å². The topological polar surface area (TPSA) is 20.2 Å². The molecule has 1 heteroatoms. The van der Waals surface area contributed by atoms with E-state index in [0.717, 1.165) is 12.3 Å². The van der Waals surface area contributed by atoms with E-state index in [1.165, 1.54) is 6.42 Å². The van der Waals surface area contributed by atoms with E-state index in [0.29, 0.717) is 11.3 Å². The van der Waals surface area contributed by atoms with Gasteiger partial charge in [0.05, 0.1) is 6.10 Å². The van der Waals surface area contributed by atoms with E-state index in [2.05, 4.69) is 27.7 Å². The van der Waals surface area contributed by atoms with Gasteiger partial charge in [-0.15, -0.1) is 0 Å². The van der Waals surface area contributed by atoms with E-state index in [-0.39, 0.29) is 6.10 Å². The first-order chi connectivity index (χ1) is 4.93. The number of rotatable bonds is 0. The van der Waals surface area contributed by atoms with Gasteiger partial charge in [-0.05, 0) is 30.1 Å². The molecule has 3 atom stereocenters. The van der Waals surface area contributed by atoms with Crippen LogP contribution in [0.3, 0.4) is 0 Å². The van der Waals surface area contributed by atoms with E-state index in [1.54, 1.807) is 0 Å². The smallest absolute Gasteiger partial charge is 0.0571 e. The van der Waals surface area contributed by atoms with Crippen LogP contribution in [0.2, 0.25) is 0 Å². The first-order valence-electron chi connectivity index (χ1n) is 4.61. The third-order valence-corrected chi connectivity index (χ3v) is 3.45. The number of aliphatic hydroxyl groups is 1. The molecule has 66 valence electrons. The second-order valence-electron chi connectivity index (χ2n) is 4.87. The maximum absolute atomic E-state index is 9.63. The molecule has 1 rings (SSSR count). The molecule has 1 N–H and O–H groups in total. The van der Waals surface area contributed by atoms with Crippen LogP contribution in [0.25, 0.3) is 0 Å². The van der Waals surface area contributed by atoms with E-state index >= 15 is 0 Å². The molecular weight excluding hydrogens is 136 g/mol. The maximum Gasteiger partial charge on any atom is 0.0571 e. The molecular formula is C10H20O. The monoisotopic (exact) mass is 156 g/mol. The predicted molar refractivity (Wildman–Crippen MR) is 47.3 cm³/mol. The van der Waals surface area contributed by atoms with Gasteiger partial charge in [0.1, 0.15) is 0 Å². The summed E-state index contributed by atoms with van der Waals surface area (Å²) in [6.45, 7) is 8.96. The Kier molecular flexibility index (Phi) is 2.29. The first kappa shape index (κ1) is 9.05. The third kappa shape index (κ3) is 1.76. The lowest BCUT2D eigenvalue weighted by Gasteiger charge is -2.42. The Morgan fingerprint density at radius 2 is 1.82 bits per heavy atom. The van der Waals surface area contributed by atoms with Gasteiger partial charge in [-0.3, -0.25) is 0 Å². The van der Waals surface area contributed by atoms with Crippen molar-refractivity contribution in [2.75, 3.05) is 0 Å². The molecule has 0 amide bonds. The summed E-state index contributed by atoms with van der Waals surface area (Å²) in [5, 5.41) is 9.63. The van der Waals surface area contributed by atoms with Gasteiger partial charge in [-0.25, -0.2) is 0 Å². The van der Waals surface area contributed by atoms with Crippen molar-refractivity contribution in [2.24, 2.45) is 17.3 Å². The van der Waals surface area contributed by atoms with Crippen LogP contribution in [-0.4, -0.2) is 11.2 Å². The zero-order valence-corrected chi connectivity index (χ0v) is 8.09. The summed E-state index contributed by atoms with van der Waals surface area (Å²) in [6.07, 6.45) is 2.07. The summed E-state index contributed by atoms with van der Waals surface area (Å²) in [5.41, 5.74) is 0.339. The molecule has 11 heavy (non-hydrogen) atoms. The zero-order chi connectivity index (χ0) is 8.65. The average Bonchev–Trinajstić information content (AvgIpc) is 1.83. The van der Waals surface area contributed by atoms with Gasteiger partial charge in [0.25, 0.3) is 0 Å². The van der Waals surface area contributed by atoms with E-state index < -0.39 is 0 Å². The van der Waals surface area contributed by atoms with Crippen LogP contribution in [0.4, 0.5) is 0 Å². The van der Waals surface area contributed by atoms with Crippen molar-refractivity contribution in [1.29, 1.82) is 0 Å². The molecule has 0 aromatic heterocycles. The quantitative estimate of drug-likeness (QED) is 0.571. The van der Waals surface area contributed by atoms with E-state index in [9.17, 15) is 5.11 Å². The highest BCUT2D eigenvalue weighted by Crippen LogP contribution is 2.42. The summed E-state index contributed by atoms with van der Waals surface area (Å²) in [5.74, 6) is 1.25. The second kappa shape index (κ2) is 2.78. The largest absolute Gasteiger partial charge is 0.393 e. The lowest BCUT2D eigenvalue weighted by molar-refractivity contribution is -0.0101. The minimum absolute atomic E-state index is 0.0683. The number of hydrogen-bond acceptors (Lipinski definition) is 1. The summed E-state index contributed by atoms with van der Waals surface area (Å²) >= 11 is 0. The predicted octanol–water partition coefficient (Wildman–Crippen LogP) is 2.44. The Bertz CT molecular complexity index is 140. The van der Waals surface area contributed by atoms with Crippen LogP contribution >= 0.6 is 0 Å². The maximum atomic E-state index is 9.63. The Morgan fingerprint density at radius 1 is 1.27 bits per heavy atom. The second-order valence-corrected chi connectivity index (χ2v) is 4.87. The van der Waals surface area contributed by atoms with Crippen molar-refractivity contribution >= 4 is 0 Å². The van der Waals surface area contributed by atoms with Gasteiger partial charge < -0.3 is 5.11 Å². The molecule has 1 aliphatic carbocycles. The highest BCUT2D eigenvalue weighted by atomic mass is 16.3. The molecule has 0 saturated heterocycles. The van der Waals surface area contributed by atoms with Crippen molar-refractivity contribution in [3.8, 4) is 0 Å². The molecule has 0 aliphatic heterocycles. The standard InChI is InChI=1S/C10H20O/c1-7-5-8(2)10(3,4)6-9(7)11/h7-9,11H,5-6H2,1-4H3/t7-,8?,9+/m0/s1. The fraction of sp³-hybridized carbons (Fsp3) is 1.00. The molecule has 0 radical (unpaired) electrons. The van der Waals surface area contributed by atoms with Crippen LogP contribution in [0.15, 0.2) is 0 Å². The highest BCUT2D eigenvalue weighted by Gasteiger charge is 2.36. The summed E-state index contributed by atoms with van der Waals surface area (Å²) in [7, 11) is 0. The van der Waals surface area contributed by atoms with E-state index in [1.807, 2.05) is 0 Å². The number of hydrogen-bond donors (Lipinski definition) is 1. The first-order valence-corrected chi connectivity index (χ1v) is 4.61. The van der Waals surface area contributed by atoms with Crippen LogP contribution in [0.5, 0.6) is 0 Å². The van der Waals surface area contributed by atoms with Gasteiger partial charge in [-0.2, -0.15) is 0 Å². The summed E-state index contributed by atoms with van der Waals surface area (Å²) in [4.78, 5) is 0. The minimum atomic E-state index is -0.0683. The van der Waals surface area contributed by atoms with E-state index in [4.69, 9.17) is 0 Å². The molecule has 0 heterocycles. The van der Waals surface area contributed by atoms with Crippen molar-refractivity contribution < 1.29 is 5.11 Å². The molecule has 0 bridgehead atoms. The van der Waals surface area contributed by atoms with Gasteiger partial charge in [0.2, 0.25) is 0 Å². The average molecular weight is 156 g/mol. The highest BCUT2D eigenvalue weighted by molar-refractivity contribution is 4.87. The lowest BCUT2D eigenvalue weighted by atomic mass is 9.65. The SMILES string of the molecule is CC1C[C@H](C)[C@H](O)CC1(C)C. The number of aliphatic hydroxyl groups excluding tert-OH is 1. The molecule has 1 saturated carbocycles. The normalized spacial score (nSPS) is 43.9. The Morgan fingerprint density at radius 3 is 2.27 bits per heavy atom. The molecule has 1 fully saturated rings. The van der Waals surface area contributed by atoms with Crippen molar-refractivity contribution in [2.45, 2.75) is 46.6 Å². The van der Waals surface area contributed by atoms with Crippen LogP contribution in [-0.2, 0) is 0 Å². The zero-order valence-electron chi connectivity index (χ0n) is 8.09. The lowest BCUT2D eigenvalue weighted by Crippen LogP contribution is -2.38. The minimum Gasteiger partial charge on any atom is -0.393 e. The molecule has 0 aromatic rings. The molecule has 1 aliphatic rings. The van der Waals surface area contributed by atoms with Crippen molar-refractivity contribution in [1.82, 2.24) is 0 Å². The molecule has 0 spiro atoms. The summed E-state index contributed by atoms with van der Waals surface area (Å²) < 4.78 is 0. The Labute approximate surface area is 69.8 Å². The Hall–Kier alpha value is -0.0400. The van der Waals surface area contributed by atoms with Crippen LogP contribution in [0.1, 0.15) is 40.5 Å². The van der Waals surface area contributed by atoms with Gasteiger partial charge in [0, 0.05) is 0 Å². The molecule has 1 nitrogen and oxygen atoms in total. The Balaban J connectivity index is 2.63. The van der Waals surface area contributed by atoms with Gasteiger partial charge in [0.15, 0.2) is 0 Å². The van der Waals surface area contributed by atoms with Crippen molar-refractivity contribution in [3.63, 3.8) is 0 Å². The van der Waals surface area contributed by atoms with Crippen LogP contribution in [0, 0.1) is 17.3 Å².